The van der Waals surface area contributed by atoms with Crippen LogP contribution >= 0.6 is 15.9 Å². The molecule has 3 heteroatoms. The molecule has 0 fully saturated rings. The third kappa shape index (κ3) is 3.86. The molecule has 0 aromatic heterocycles. The van der Waals surface area contributed by atoms with Crippen molar-refractivity contribution in [2.24, 2.45) is 0 Å². The minimum atomic E-state index is 0.245. The van der Waals surface area contributed by atoms with Crippen LogP contribution in [-0.2, 0) is 6.42 Å². The fourth-order valence-corrected chi connectivity index (χ4v) is 3.11. The first-order chi connectivity index (χ1) is 10.0. The molecule has 21 heavy (non-hydrogen) atoms. The molecule has 2 aromatic carbocycles. The zero-order chi connectivity index (χ0) is 15.4. The predicted molar refractivity (Wildman–Crippen MR) is 92.1 cm³/mol. The molecule has 0 bridgehead atoms. The van der Waals surface area contributed by atoms with Crippen LogP contribution < -0.4 is 10.1 Å². The van der Waals surface area contributed by atoms with Crippen LogP contribution in [0.25, 0.3) is 0 Å². The van der Waals surface area contributed by atoms with Crippen molar-refractivity contribution >= 4 is 15.9 Å². The number of methoxy groups -OCH3 is 1. The number of benzene rings is 2. The van der Waals surface area contributed by atoms with Gasteiger partial charge in [0.05, 0.1) is 7.11 Å². The summed E-state index contributed by atoms with van der Waals surface area (Å²) in [4.78, 5) is 0. The van der Waals surface area contributed by atoms with Gasteiger partial charge in [0.25, 0.3) is 0 Å². The SMILES string of the molecule is CNC(Cc1cc(C)ccc1OC)c1cc(C)ccc1Br. The van der Waals surface area contributed by atoms with Crippen LogP contribution in [0.1, 0.15) is 28.3 Å². The van der Waals surface area contributed by atoms with Gasteiger partial charge >= 0.3 is 0 Å². The van der Waals surface area contributed by atoms with E-state index in [1.54, 1.807) is 7.11 Å². The van der Waals surface area contributed by atoms with Crippen LogP contribution in [-0.4, -0.2) is 14.2 Å². The van der Waals surface area contributed by atoms with Crippen molar-refractivity contribution in [3.8, 4) is 5.75 Å². The minimum absolute atomic E-state index is 0.245. The molecule has 0 saturated carbocycles. The van der Waals surface area contributed by atoms with E-state index in [0.29, 0.717) is 0 Å². The second kappa shape index (κ2) is 7.10. The maximum absolute atomic E-state index is 5.50. The van der Waals surface area contributed by atoms with Crippen molar-refractivity contribution in [1.82, 2.24) is 5.32 Å². The standard InChI is InChI=1S/C18H22BrNO/c1-12-6-8-18(21-4)14(9-12)11-17(20-3)15-10-13(2)5-7-16(15)19/h5-10,17,20H,11H2,1-4H3. The predicted octanol–water partition coefficient (Wildman–Crippen LogP) is 4.58. The molecular weight excluding hydrogens is 326 g/mol. The zero-order valence-corrected chi connectivity index (χ0v) is 14.6. The molecule has 0 heterocycles. The number of rotatable bonds is 5. The van der Waals surface area contributed by atoms with Gasteiger partial charge in [0.15, 0.2) is 0 Å². The molecule has 0 amide bonds. The van der Waals surface area contributed by atoms with Gasteiger partial charge in [-0.15, -0.1) is 0 Å². The Bertz CT molecular complexity index is 625. The highest BCUT2D eigenvalue weighted by Crippen LogP contribution is 2.30. The molecule has 0 spiro atoms. The number of likely N-dealkylation sites (N-methyl/N-ethyl adjacent to an activating group) is 1. The van der Waals surface area contributed by atoms with E-state index < -0.39 is 0 Å². The molecule has 112 valence electrons. The first-order valence-electron chi connectivity index (χ1n) is 7.12. The summed E-state index contributed by atoms with van der Waals surface area (Å²) >= 11 is 3.66. The quantitative estimate of drug-likeness (QED) is 0.854. The van der Waals surface area contributed by atoms with Gasteiger partial charge in [0.1, 0.15) is 5.75 Å². The lowest BCUT2D eigenvalue weighted by Gasteiger charge is -2.20. The molecular formula is C18H22BrNO. The van der Waals surface area contributed by atoms with Crippen molar-refractivity contribution in [2.45, 2.75) is 26.3 Å². The summed E-state index contributed by atoms with van der Waals surface area (Å²) in [5.74, 6) is 0.949. The molecule has 1 atom stereocenters. The highest BCUT2D eigenvalue weighted by atomic mass is 79.9. The number of aryl methyl sites for hydroxylation is 2. The van der Waals surface area contributed by atoms with Crippen molar-refractivity contribution in [1.29, 1.82) is 0 Å². The van der Waals surface area contributed by atoms with Crippen LogP contribution in [0.15, 0.2) is 40.9 Å². The number of nitrogens with one attached hydrogen (secondary N) is 1. The smallest absolute Gasteiger partial charge is 0.122 e. The molecule has 0 radical (unpaired) electrons. The number of hydrogen-bond acceptors (Lipinski definition) is 2. The average Bonchev–Trinajstić information content (AvgIpc) is 2.47. The summed E-state index contributed by atoms with van der Waals surface area (Å²) in [6.07, 6.45) is 0.892. The molecule has 2 nitrogen and oxygen atoms in total. The van der Waals surface area contributed by atoms with Crippen molar-refractivity contribution in [2.75, 3.05) is 14.2 Å². The Morgan fingerprint density at radius 2 is 1.76 bits per heavy atom. The first kappa shape index (κ1) is 16.1. The van der Waals surface area contributed by atoms with Crippen LogP contribution in [0.3, 0.4) is 0 Å². The highest BCUT2D eigenvalue weighted by molar-refractivity contribution is 9.10. The molecule has 0 aliphatic heterocycles. The largest absolute Gasteiger partial charge is 0.496 e. The third-order valence-corrected chi connectivity index (χ3v) is 4.46. The van der Waals surface area contributed by atoms with Gasteiger partial charge in [-0.3, -0.25) is 0 Å². The summed E-state index contributed by atoms with van der Waals surface area (Å²) in [5, 5.41) is 3.42. The number of halogens is 1. The Hall–Kier alpha value is -1.32. The lowest BCUT2D eigenvalue weighted by Crippen LogP contribution is -2.20. The third-order valence-electron chi connectivity index (χ3n) is 3.74. The summed E-state index contributed by atoms with van der Waals surface area (Å²) in [6.45, 7) is 4.23. The van der Waals surface area contributed by atoms with Gasteiger partial charge < -0.3 is 10.1 Å². The lowest BCUT2D eigenvalue weighted by molar-refractivity contribution is 0.406. The van der Waals surface area contributed by atoms with Crippen molar-refractivity contribution in [3.05, 3.63) is 63.1 Å². The van der Waals surface area contributed by atoms with Gasteiger partial charge in [-0.2, -0.15) is 0 Å². The van der Waals surface area contributed by atoms with E-state index in [4.69, 9.17) is 4.74 Å². The van der Waals surface area contributed by atoms with E-state index in [9.17, 15) is 0 Å². The summed E-state index contributed by atoms with van der Waals surface area (Å²) in [6, 6.07) is 13.0. The van der Waals surface area contributed by atoms with Crippen molar-refractivity contribution < 1.29 is 4.74 Å². The Morgan fingerprint density at radius 3 is 2.43 bits per heavy atom. The Morgan fingerprint density at radius 1 is 1.10 bits per heavy atom. The molecule has 2 rings (SSSR count). The van der Waals surface area contributed by atoms with Gasteiger partial charge in [-0.1, -0.05) is 51.3 Å². The summed E-state index contributed by atoms with van der Waals surface area (Å²) in [5.41, 5.74) is 5.03. The number of hydrogen-bond donors (Lipinski definition) is 1. The zero-order valence-electron chi connectivity index (χ0n) is 13.0. The maximum atomic E-state index is 5.50. The van der Waals surface area contributed by atoms with Gasteiger partial charge in [-0.05, 0) is 50.6 Å². The normalized spacial score (nSPS) is 12.2. The topological polar surface area (TPSA) is 21.3 Å². The van der Waals surface area contributed by atoms with E-state index in [-0.39, 0.29) is 6.04 Å². The lowest BCUT2D eigenvalue weighted by atomic mass is 9.96. The van der Waals surface area contributed by atoms with Gasteiger partial charge in [0, 0.05) is 10.5 Å². The van der Waals surface area contributed by atoms with Crippen LogP contribution in [0.5, 0.6) is 5.75 Å². The fraction of sp³-hybridized carbons (Fsp3) is 0.333. The van der Waals surface area contributed by atoms with Crippen LogP contribution in [0.2, 0.25) is 0 Å². The van der Waals surface area contributed by atoms with Gasteiger partial charge in [0.2, 0.25) is 0 Å². The molecule has 0 aliphatic rings. The molecule has 2 aromatic rings. The van der Waals surface area contributed by atoms with Crippen molar-refractivity contribution in [3.63, 3.8) is 0 Å². The monoisotopic (exact) mass is 347 g/mol. The van der Waals surface area contributed by atoms with E-state index in [0.717, 1.165) is 16.6 Å². The second-order valence-corrected chi connectivity index (χ2v) is 6.24. The molecule has 0 saturated heterocycles. The first-order valence-corrected chi connectivity index (χ1v) is 7.91. The fourth-order valence-electron chi connectivity index (χ4n) is 2.58. The highest BCUT2D eigenvalue weighted by Gasteiger charge is 2.16. The Kier molecular flexibility index (Phi) is 5.43. The van der Waals surface area contributed by atoms with E-state index >= 15 is 0 Å². The Labute approximate surface area is 135 Å². The summed E-state index contributed by atoms with van der Waals surface area (Å²) < 4.78 is 6.63. The van der Waals surface area contributed by atoms with Gasteiger partial charge in [-0.25, -0.2) is 0 Å². The van der Waals surface area contributed by atoms with E-state index in [1.807, 2.05) is 13.1 Å². The molecule has 0 aliphatic carbocycles. The van der Waals surface area contributed by atoms with E-state index in [1.165, 1.54) is 22.3 Å². The Balaban J connectivity index is 2.35. The second-order valence-electron chi connectivity index (χ2n) is 5.39. The van der Waals surface area contributed by atoms with Crippen LogP contribution in [0, 0.1) is 13.8 Å². The summed E-state index contributed by atoms with van der Waals surface area (Å²) in [7, 11) is 3.73. The van der Waals surface area contributed by atoms with E-state index in [2.05, 4.69) is 65.4 Å². The maximum Gasteiger partial charge on any atom is 0.122 e. The number of ether oxygens (including phenoxy) is 1. The minimum Gasteiger partial charge on any atom is -0.496 e. The van der Waals surface area contributed by atoms with Crippen LogP contribution in [0.4, 0.5) is 0 Å². The molecule has 1 unspecified atom stereocenters. The average molecular weight is 348 g/mol. The molecule has 1 N–H and O–H groups in total.